The Morgan fingerprint density at radius 1 is 1.30 bits per heavy atom. The number of rotatable bonds is 6. The molecule has 0 spiro atoms. The third kappa shape index (κ3) is 4.16. The Labute approximate surface area is 119 Å². The van der Waals surface area contributed by atoms with Crippen molar-refractivity contribution in [2.45, 2.75) is 25.7 Å². The fourth-order valence-electron chi connectivity index (χ4n) is 2.07. The number of carbonyl (C=O) groups is 1. The normalized spacial score (nSPS) is 12.1. The van der Waals surface area contributed by atoms with Gasteiger partial charge in [-0.15, -0.1) is 0 Å². The first-order valence-electron chi connectivity index (χ1n) is 6.79. The van der Waals surface area contributed by atoms with Crippen molar-refractivity contribution in [3.8, 4) is 0 Å². The van der Waals surface area contributed by atoms with E-state index in [1.807, 2.05) is 43.3 Å². The summed E-state index contributed by atoms with van der Waals surface area (Å²) in [6.45, 7) is 2.64. The number of nitrogens with one attached hydrogen (secondary N) is 1. The van der Waals surface area contributed by atoms with Crippen molar-refractivity contribution in [3.63, 3.8) is 0 Å². The Morgan fingerprint density at radius 2 is 2.05 bits per heavy atom. The number of hydrogen-bond acceptors (Lipinski definition) is 3. The van der Waals surface area contributed by atoms with E-state index in [9.17, 15) is 4.79 Å². The maximum Gasteiger partial charge on any atom is 0.220 e. The van der Waals surface area contributed by atoms with Crippen LogP contribution in [-0.4, -0.2) is 12.5 Å². The molecule has 0 radical (unpaired) electrons. The van der Waals surface area contributed by atoms with Gasteiger partial charge in [0.1, 0.15) is 5.76 Å². The van der Waals surface area contributed by atoms with Crippen molar-refractivity contribution < 1.29 is 9.21 Å². The zero-order chi connectivity index (χ0) is 14.4. The van der Waals surface area contributed by atoms with E-state index in [2.05, 4.69) is 5.32 Å². The molecule has 4 heteroatoms. The lowest BCUT2D eigenvalue weighted by molar-refractivity contribution is -0.121. The van der Waals surface area contributed by atoms with Crippen molar-refractivity contribution in [2.75, 3.05) is 12.3 Å². The molecular formula is C16H20N2O2. The molecule has 0 saturated carbocycles. The number of nitrogen functional groups attached to an aromatic ring is 1. The molecule has 1 atom stereocenters. The molecule has 0 aliphatic carbocycles. The van der Waals surface area contributed by atoms with Gasteiger partial charge in [-0.05, 0) is 35.7 Å². The monoisotopic (exact) mass is 272 g/mol. The molecule has 1 amide bonds. The number of furan rings is 1. The van der Waals surface area contributed by atoms with E-state index in [4.69, 9.17) is 10.2 Å². The molecule has 3 N–H and O–H groups in total. The Morgan fingerprint density at radius 3 is 2.70 bits per heavy atom. The van der Waals surface area contributed by atoms with E-state index in [1.54, 1.807) is 6.26 Å². The number of nitrogens with two attached hydrogens (primary N) is 1. The Bertz CT molecular complexity index is 532. The van der Waals surface area contributed by atoms with Gasteiger partial charge >= 0.3 is 0 Å². The number of benzene rings is 1. The second kappa shape index (κ2) is 6.80. The largest absolute Gasteiger partial charge is 0.469 e. The molecule has 1 heterocycles. The van der Waals surface area contributed by atoms with Gasteiger partial charge in [-0.1, -0.05) is 19.1 Å². The van der Waals surface area contributed by atoms with Crippen LogP contribution in [0.25, 0.3) is 0 Å². The summed E-state index contributed by atoms with van der Waals surface area (Å²) in [5, 5.41) is 2.91. The lowest BCUT2D eigenvalue weighted by Gasteiger charge is -2.12. The van der Waals surface area contributed by atoms with E-state index in [0.29, 0.717) is 13.0 Å². The third-order valence-corrected chi connectivity index (χ3v) is 3.27. The molecule has 0 aliphatic rings. The highest BCUT2D eigenvalue weighted by molar-refractivity contribution is 5.76. The number of amides is 1. The summed E-state index contributed by atoms with van der Waals surface area (Å²) in [4.78, 5) is 11.9. The maximum atomic E-state index is 11.9. The van der Waals surface area contributed by atoms with Crippen LogP contribution in [0.4, 0.5) is 5.69 Å². The Balaban J connectivity index is 1.74. The predicted octanol–water partition coefficient (Wildman–Crippen LogP) is 2.71. The van der Waals surface area contributed by atoms with E-state index < -0.39 is 0 Å². The molecule has 0 aliphatic heterocycles. The molecule has 106 valence electrons. The molecule has 2 aromatic rings. The molecule has 0 bridgehead atoms. The molecular weight excluding hydrogens is 252 g/mol. The zero-order valence-electron chi connectivity index (χ0n) is 11.6. The van der Waals surface area contributed by atoms with Gasteiger partial charge in [0.05, 0.1) is 6.26 Å². The van der Waals surface area contributed by atoms with Gasteiger partial charge in [0.2, 0.25) is 5.91 Å². The summed E-state index contributed by atoms with van der Waals surface area (Å²) in [6.07, 6.45) is 2.83. The van der Waals surface area contributed by atoms with Crippen molar-refractivity contribution in [1.29, 1.82) is 0 Å². The minimum atomic E-state index is 0.0564. The number of anilines is 1. The van der Waals surface area contributed by atoms with Gasteiger partial charge in [-0.25, -0.2) is 0 Å². The average Bonchev–Trinajstić information content (AvgIpc) is 2.92. The van der Waals surface area contributed by atoms with Gasteiger partial charge in [0, 0.05) is 25.1 Å². The molecule has 1 aromatic carbocycles. The van der Waals surface area contributed by atoms with Crippen LogP contribution in [0.5, 0.6) is 0 Å². The fraction of sp³-hybridized carbons (Fsp3) is 0.312. The van der Waals surface area contributed by atoms with Crippen LogP contribution in [0.2, 0.25) is 0 Å². The number of hydrogen-bond donors (Lipinski definition) is 2. The molecule has 0 saturated heterocycles. The van der Waals surface area contributed by atoms with E-state index in [1.165, 1.54) is 0 Å². The van der Waals surface area contributed by atoms with Crippen LogP contribution in [0.3, 0.4) is 0 Å². The van der Waals surface area contributed by atoms with Gasteiger partial charge in [-0.2, -0.15) is 0 Å². The summed E-state index contributed by atoms with van der Waals surface area (Å²) in [7, 11) is 0. The van der Waals surface area contributed by atoms with Crippen LogP contribution in [0, 0.1) is 0 Å². The lowest BCUT2D eigenvalue weighted by Crippen LogP contribution is -2.26. The molecule has 2 rings (SSSR count). The standard InChI is InChI=1S/C16H20N2O2/c1-12(13-4-6-14(17)7-5-13)11-16(19)18-9-8-15-3-2-10-20-15/h2-7,10,12H,8-9,11,17H2,1H3,(H,18,19). The minimum Gasteiger partial charge on any atom is -0.469 e. The Kier molecular flexibility index (Phi) is 4.82. The highest BCUT2D eigenvalue weighted by atomic mass is 16.3. The first-order chi connectivity index (χ1) is 9.65. The summed E-state index contributed by atoms with van der Waals surface area (Å²) >= 11 is 0. The van der Waals surface area contributed by atoms with E-state index in [-0.39, 0.29) is 11.8 Å². The minimum absolute atomic E-state index is 0.0564. The molecule has 1 aromatic heterocycles. The van der Waals surface area contributed by atoms with Crippen molar-refractivity contribution >= 4 is 11.6 Å². The average molecular weight is 272 g/mol. The van der Waals surface area contributed by atoms with Crippen LogP contribution < -0.4 is 11.1 Å². The topological polar surface area (TPSA) is 68.3 Å². The van der Waals surface area contributed by atoms with E-state index in [0.717, 1.165) is 23.4 Å². The van der Waals surface area contributed by atoms with Gasteiger partial charge in [0.15, 0.2) is 0 Å². The zero-order valence-corrected chi connectivity index (χ0v) is 11.6. The van der Waals surface area contributed by atoms with Crippen LogP contribution in [0.15, 0.2) is 47.1 Å². The lowest BCUT2D eigenvalue weighted by atomic mass is 9.97. The van der Waals surface area contributed by atoms with E-state index >= 15 is 0 Å². The highest BCUT2D eigenvalue weighted by Crippen LogP contribution is 2.19. The molecule has 4 nitrogen and oxygen atoms in total. The van der Waals surface area contributed by atoms with Crippen molar-refractivity contribution in [2.24, 2.45) is 0 Å². The van der Waals surface area contributed by atoms with Crippen LogP contribution in [0.1, 0.15) is 30.6 Å². The molecule has 20 heavy (non-hydrogen) atoms. The van der Waals surface area contributed by atoms with Crippen LogP contribution >= 0.6 is 0 Å². The van der Waals surface area contributed by atoms with Gasteiger partial charge in [-0.3, -0.25) is 4.79 Å². The van der Waals surface area contributed by atoms with Crippen molar-refractivity contribution in [3.05, 3.63) is 54.0 Å². The Hall–Kier alpha value is -2.23. The molecule has 1 unspecified atom stereocenters. The third-order valence-electron chi connectivity index (χ3n) is 3.27. The quantitative estimate of drug-likeness (QED) is 0.794. The first kappa shape index (κ1) is 14.2. The predicted molar refractivity (Wildman–Crippen MR) is 79.3 cm³/mol. The summed E-state index contributed by atoms with van der Waals surface area (Å²) in [5.74, 6) is 1.12. The second-order valence-electron chi connectivity index (χ2n) is 4.95. The summed E-state index contributed by atoms with van der Waals surface area (Å²) in [5.41, 5.74) is 7.52. The van der Waals surface area contributed by atoms with Crippen molar-refractivity contribution in [1.82, 2.24) is 5.32 Å². The number of carbonyl (C=O) groups excluding carboxylic acids is 1. The summed E-state index contributed by atoms with van der Waals surface area (Å²) < 4.78 is 5.21. The first-order valence-corrected chi connectivity index (χ1v) is 6.79. The SMILES string of the molecule is CC(CC(=O)NCCc1ccco1)c1ccc(N)cc1. The highest BCUT2D eigenvalue weighted by Gasteiger charge is 2.11. The smallest absolute Gasteiger partial charge is 0.220 e. The van der Waals surface area contributed by atoms with Crippen LogP contribution in [-0.2, 0) is 11.2 Å². The maximum absolute atomic E-state index is 11.9. The van der Waals surface area contributed by atoms with Gasteiger partial charge in [0.25, 0.3) is 0 Å². The fourth-order valence-corrected chi connectivity index (χ4v) is 2.07. The second-order valence-corrected chi connectivity index (χ2v) is 4.95. The van der Waals surface area contributed by atoms with Gasteiger partial charge < -0.3 is 15.5 Å². The molecule has 0 fully saturated rings. The summed E-state index contributed by atoms with van der Waals surface area (Å²) in [6, 6.07) is 11.4.